The van der Waals surface area contributed by atoms with E-state index in [9.17, 15) is 14.9 Å². The van der Waals surface area contributed by atoms with E-state index in [1.165, 1.54) is 24.3 Å². The van der Waals surface area contributed by atoms with E-state index in [0.717, 1.165) is 0 Å². The van der Waals surface area contributed by atoms with Crippen molar-refractivity contribution in [3.63, 3.8) is 0 Å². The van der Waals surface area contributed by atoms with Gasteiger partial charge >= 0.3 is 0 Å². The quantitative estimate of drug-likeness (QED) is 0.670. The van der Waals surface area contributed by atoms with E-state index in [0.29, 0.717) is 23.6 Å². The van der Waals surface area contributed by atoms with Gasteiger partial charge in [-0.3, -0.25) is 14.9 Å². The molecule has 2 aromatic carbocycles. The van der Waals surface area contributed by atoms with Gasteiger partial charge in [-0.2, -0.15) is 0 Å². The monoisotopic (exact) mass is 286 g/mol. The van der Waals surface area contributed by atoms with E-state index in [4.69, 9.17) is 4.74 Å². The second-order valence-corrected chi connectivity index (χ2v) is 4.28. The van der Waals surface area contributed by atoms with Gasteiger partial charge in [0.15, 0.2) is 0 Å². The number of rotatable bonds is 5. The number of nitrogens with zero attached hydrogens (tertiary/aromatic N) is 1. The van der Waals surface area contributed by atoms with Crippen LogP contribution in [0.5, 0.6) is 11.5 Å². The highest BCUT2D eigenvalue weighted by atomic mass is 16.6. The van der Waals surface area contributed by atoms with Crippen molar-refractivity contribution in [1.82, 2.24) is 0 Å². The van der Waals surface area contributed by atoms with Gasteiger partial charge in [-0.25, -0.2) is 0 Å². The normalized spacial score (nSPS) is 9.95. The van der Waals surface area contributed by atoms with Gasteiger partial charge in [0, 0.05) is 24.2 Å². The molecule has 0 heterocycles. The number of non-ortho nitro benzene ring substituents is 1. The highest BCUT2D eigenvalue weighted by Gasteiger charge is 2.05. The van der Waals surface area contributed by atoms with Crippen molar-refractivity contribution < 1.29 is 14.5 Å². The van der Waals surface area contributed by atoms with Crippen molar-refractivity contribution >= 4 is 17.3 Å². The Bertz CT molecular complexity index is 636. The van der Waals surface area contributed by atoms with Gasteiger partial charge in [0.2, 0.25) is 5.91 Å². The molecule has 0 aliphatic rings. The molecule has 0 unspecified atom stereocenters. The van der Waals surface area contributed by atoms with Crippen LogP contribution in [-0.2, 0) is 4.79 Å². The zero-order valence-corrected chi connectivity index (χ0v) is 11.4. The molecule has 0 atom stereocenters. The van der Waals surface area contributed by atoms with Crippen LogP contribution in [0.1, 0.15) is 13.3 Å². The number of carbonyl (C=O) groups excluding carboxylic acids is 1. The fourth-order valence-electron chi connectivity index (χ4n) is 1.63. The van der Waals surface area contributed by atoms with E-state index in [2.05, 4.69) is 5.32 Å². The third-order valence-electron chi connectivity index (χ3n) is 2.74. The van der Waals surface area contributed by atoms with Crippen molar-refractivity contribution in [1.29, 1.82) is 0 Å². The molecule has 0 spiro atoms. The first-order chi connectivity index (χ1) is 10.1. The number of ether oxygens (including phenoxy) is 1. The maximum Gasteiger partial charge on any atom is 0.269 e. The number of nitro groups is 1. The summed E-state index contributed by atoms with van der Waals surface area (Å²) in [4.78, 5) is 21.3. The largest absolute Gasteiger partial charge is 0.457 e. The fraction of sp³-hybridized carbons (Fsp3) is 0.133. The zero-order valence-electron chi connectivity index (χ0n) is 11.4. The van der Waals surface area contributed by atoms with Crippen LogP contribution in [0.15, 0.2) is 48.5 Å². The molecule has 0 fully saturated rings. The minimum atomic E-state index is -0.463. The van der Waals surface area contributed by atoms with Crippen molar-refractivity contribution in [3.8, 4) is 11.5 Å². The lowest BCUT2D eigenvalue weighted by Crippen LogP contribution is -2.08. The second-order valence-electron chi connectivity index (χ2n) is 4.28. The van der Waals surface area contributed by atoms with Gasteiger partial charge in [0.05, 0.1) is 4.92 Å². The maximum atomic E-state index is 11.2. The molecule has 2 rings (SSSR count). The Morgan fingerprint density at radius 2 is 1.62 bits per heavy atom. The summed E-state index contributed by atoms with van der Waals surface area (Å²) in [6.07, 6.45) is 0.418. The Balaban J connectivity index is 2.02. The number of hydrogen-bond donors (Lipinski definition) is 1. The molecule has 21 heavy (non-hydrogen) atoms. The van der Waals surface area contributed by atoms with Gasteiger partial charge < -0.3 is 10.1 Å². The lowest BCUT2D eigenvalue weighted by atomic mass is 10.3. The van der Waals surface area contributed by atoms with Crippen LogP contribution in [0.2, 0.25) is 0 Å². The highest BCUT2D eigenvalue weighted by molar-refractivity contribution is 5.90. The summed E-state index contributed by atoms with van der Waals surface area (Å²) in [6, 6.07) is 12.7. The summed E-state index contributed by atoms with van der Waals surface area (Å²) in [5.41, 5.74) is 0.706. The fourth-order valence-corrected chi connectivity index (χ4v) is 1.63. The third kappa shape index (κ3) is 4.04. The maximum absolute atomic E-state index is 11.2. The van der Waals surface area contributed by atoms with E-state index >= 15 is 0 Å². The Hall–Kier alpha value is -2.89. The SMILES string of the molecule is CCC(=O)Nc1ccc(Oc2ccc([N+](=O)[O-])cc2)cc1. The standard InChI is InChI=1S/C15H14N2O4/c1-2-15(18)16-11-3-7-13(8-4-11)21-14-9-5-12(6-10-14)17(19)20/h3-10H,2H2,1H3,(H,16,18). The molecule has 6 heteroatoms. The summed E-state index contributed by atoms with van der Waals surface area (Å²) < 4.78 is 5.56. The summed E-state index contributed by atoms with van der Waals surface area (Å²) in [7, 11) is 0. The lowest BCUT2D eigenvalue weighted by Gasteiger charge is -2.07. The first kappa shape index (κ1) is 14.5. The molecule has 6 nitrogen and oxygen atoms in total. The number of anilines is 1. The number of nitro benzene ring substituents is 1. The number of nitrogens with one attached hydrogen (secondary N) is 1. The predicted molar refractivity (Wildman–Crippen MR) is 78.5 cm³/mol. The summed E-state index contributed by atoms with van der Waals surface area (Å²) >= 11 is 0. The predicted octanol–water partition coefficient (Wildman–Crippen LogP) is 3.74. The lowest BCUT2D eigenvalue weighted by molar-refractivity contribution is -0.384. The molecular formula is C15H14N2O4. The zero-order chi connectivity index (χ0) is 15.2. The molecule has 0 bridgehead atoms. The molecule has 2 aromatic rings. The molecule has 0 saturated heterocycles. The van der Waals surface area contributed by atoms with Crippen LogP contribution in [0, 0.1) is 10.1 Å². The number of carbonyl (C=O) groups is 1. The van der Waals surface area contributed by atoms with Crippen LogP contribution in [0.25, 0.3) is 0 Å². The van der Waals surface area contributed by atoms with E-state index < -0.39 is 4.92 Å². The Kier molecular flexibility index (Phi) is 4.50. The van der Waals surface area contributed by atoms with Crippen molar-refractivity contribution in [2.45, 2.75) is 13.3 Å². The summed E-state index contributed by atoms with van der Waals surface area (Å²) in [5, 5.41) is 13.3. The minimum Gasteiger partial charge on any atom is -0.457 e. The van der Waals surface area contributed by atoms with Gasteiger partial charge in [0.1, 0.15) is 11.5 Å². The van der Waals surface area contributed by atoms with Crippen LogP contribution >= 0.6 is 0 Å². The Morgan fingerprint density at radius 1 is 1.10 bits per heavy atom. The average Bonchev–Trinajstić information content (AvgIpc) is 2.49. The average molecular weight is 286 g/mol. The van der Waals surface area contributed by atoms with Crippen LogP contribution in [0.3, 0.4) is 0 Å². The van der Waals surface area contributed by atoms with Gasteiger partial charge in [0.25, 0.3) is 5.69 Å². The van der Waals surface area contributed by atoms with Crippen LogP contribution < -0.4 is 10.1 Å². The molecule has 0 radical (unpaired) electrons. The molecule has 0 aromatic heterocycles. The van der Waals surface area contributed by atoms with Gasteiger partial charge in [-0.05, 0) is 36.4 Å². The molecule has 1 amide bonds. The molecule has 0 aliphatic heterocycles. The number of benzene rings is 2. The van der Waals surface area contributed by atoms with E-state index in [1.54, 1.807) is 31.2 Å². The molecular weight excluding hydrogens is 272 g/mol. The first-order valence-electron chi connectivity index (χ1n) is 6.40. The van der Waals surface area contributed by atoms with Crippen LogP contribution in [-0.4, -0.2) is 10.8 Å². The second kappa shape index (κ2) is 6.51. The van der Waals surface area contributed by atoms with Gasteiger partial charge in [-0.1, -0.05) is 6.92 Å². The smallest absolute Gasteiger partial charge is 0.269 e. The Morgan fingerprint density at radius 3 is 2.10 bits per heavy atom. The van der Waals surface area contributed by atoms with Crippen molar-refractivity contribution in [2.24, 2.45) is 0 Å². The molecule has 1 N–H and O–H groups in total. The molecule has 0 aliphatic carbocycles. The first-order valence-corrected chi connectivity index (χ1v) is 6.40. The molecule has 0 saturated carbocycles. The summed E-state index contributed by atoms with van der Waals surface area (Å²) in [5.74, 6) is 1.03. The minimum absolute atomic E-state index is 0.0139. The third-order valence-corrected chi connectivity index (χ3v) is 2.74. The summed E-state index contributed by atoms with van der Waals surface area (Å²) in [6.45, 7) is 1.78. The topological polar surface area (TPSA) is 81.5 Å². The highest BCUT2D eigenvalue weighted by Crippen LogP contribution is 2.24. The van der Waals surface area contributed by atoms with Gasteiger partial charge in [-0.15, -0.1) is 0 Å². The molecule has 108 valence electrons. The van der Waals surface area contributed by atoms with E-state index in [-0.39, 0.29) is 11.6 Å². The number of amides is 1. The number of hydrogen-bond acceptors (Lipinski definition) is 4. The van der Waals surface area contributed by atoms with Crippen LogP contribution in [0.4, 0.5) is 11.4 Å². The Labute approximate surface area is 121 Å². The van der Waals surface area contributed by atoms with E-state index in [1.807, 2.05) is 0 Å². The van der Waals surface area contributed by atoms with Crippen molar-refractivity contribution in [2.75, 3.05) is 5.32 Å². The van der Waals surface area contributed by atoms with Crippen molar-refractivity contribution in [3.05, 3.63) is 58.6 Å².